The van der Waals surface area contributed by atoms with Gasteiger partial charge in [-0.05, 0) is 53.5 Å². The van der Waals surface area contributed by atoms with Crippen LogP contribution in [0.25, 0.3) is 17.2 Å². The van der Waals surface area contributed by atoms with Crippen LogP contribution in [0.1, 0.15) is 18.9 Å². The molecule has 0 heterocycles. The van der Waals surface area contributed by atoms with Gasteiger partial charge in [0.15, 0.2) is 18.1 Å². The molecule has 0 bridgehead atoms. The molecule has 0 spiro atoms. The monoisotopic (exact) mass is 470 g/mol. The van der Waals surface area contributed by atoms with Crippen molar-refractivity contribution in [2.75, 3.05) is 20.3 Å². The number of amides is 1. The molecule has 0 aromatic heterocycles. The highest BCUT2D eigenvalue weighted by molar-refractivity contribution is 6.01. The largest absolute Gasteiger partial charge is 0.493 e. The van der Waals surface area contributed by atoms with Crippen LogP contribution in [0.4, 0.5) is 0 Å². The number of methoxy groups -OCH3 is 1. The molecule has 3 aromatic rings. The van der Waals surface area contributed by atoms with Gasteiger partial charge in [0.1, 0.15) is 17.4 Å². The third-order valence-electron chi connectivity index (χ3n) is 4.94. The maximum atomic E-state index is 12.3. The van der Waals surface area contributed by atoms with Gasteiger partial charge in [0.2, 0.25) is 0 Å². The molecule has 0 aliphatic rings. The molecule has 0 aliphatic heterocycles. The number of carbonyl (C=O) groups is 2. The number of benzene rings is 3. The van der Waals surface area contributed by atoms with Gasteiger partial charge in [0.25, 0.3) is 5.91 Å². The maximum Gasteiger partial charge on any atom is 0.349 e. The van der Waals surface area contributed by atoms with Crippen molar-refractivity contribution >= 4 is 18.0 Å². The first-order valence-electron chi connectivity index (χ1n) is 11.1. The van der Waals surface area contributed by atoms with Gasteiger partial charge in [-0.1, -0.05) is 55.5 Å². The van der Waals surface area contributed by atoms with Gasteiger partial charge in [-0.3, -0.25) is 4.79 Å². The van der Waals surface area contributed by atoms with Gasteiger partial charge in [0, 0.05) is 6.54 Å². The van der Waals surface area contributed by atoms with Crippen molar-refractivity contribution in [3.05, 3.63) is 83.9 Å². The van der Waals surface area contributed by atoms with Crippen molar-refractivity contribution in [3.63, 3.8) is 0 Å². The summed E-state index contributed by atoms with van der Waals surface area (Å²) in [4.78, 5) is 24.4. The van der Waals surface area contributed by atoms with Gasteiger partial charge < -0.3 is 19.5 Å². The molecule has 0 unspecified atom stereocenters. The van der Waals surface area contributed by atoms with Crippen molar-refractivity contribution in [1.82, 2.24) is 5.32 Å². The average Bonchev–Trinajstić information content (AvgIpc) is 2.90. The zero-order valence-corrected chi connectivity index (χ0v) is 19.6. The molecule has 7 nitrogen and oxygen atoms in total. The Hall–Kier alpha value is -4.57. The molecule has 3 aromatic carbocycles. The SMILES string of the molecule is CCCNC(=O)/C(C#N)=C/c1ccc(OC(=O)COc2ccc(-c3ccccc3)cc2)c(OC)c1. The predicted molar refractivity (Wildman–Crippen MR) is 133 cm³/mol. The lowest BCUT2D eigenvalue weighted by Gasteiger charge is -2.11. The van der Waals surface area contributed by atoms with Gasteiger partial charge in [-0.15, -0.1) is 0 Å². The second-order valence-electron chi connectivity index (χ2n) is 7.49. The first-order chi connectivity index (χ1) is 17.0. The normalized spacial score (nSPS) is 10.7. The van der Waals surface area contributed by atoms with Crippen LogP contribution in [0.3, 0.4) is 0 Å². The second-order valence-corrected chi connectivity index (χ2v) is 7.49. The Morgan fingerprint density at radius 3 is 2.34 bits per heavy atom. The number of carbonyl (C=O) groups excluding carboxylic acids is 2. The summed E-state index contributed by atoms with van der Waals surface area (Å²) in [5.74, 6) is -0.0233. The summed E-state index contributed by atoms with van der Waals surface area (Å²) in [6, 6.07) is 24.0. The van der Waals surface area contributed by atoms with Crippen LogP contribution in [0.5, 0.6) is 17.2 Å². The Labute approximate surface area is 204 Å². The smallest absolute Gasteiger partial charge is 0.349 e. The highest BCUT2D eigenvalue weighted by Crippen LogP contribution is 2.29. The van der Waals surface area contributed by atoms with E-state index in [9.17, 15) is 14.9 Å². The Morgan fingerprint density at radius 1 is 0.971 bits per heavy atom. The fourth-order valence-corrected chi connectivity index (χ4v) is 3.18. The Balaban J connectivity index is 1.61. The molecule has 0 aliphatic carbocycles. The number of esters is 1. The van der Waals surface area contributed by atoms with E-state index in [0.29, 0.717) is 17.9 Å². The predicted octanol–water partition coefficient (Wildman–Crippen LogP) is 4.78. The summed E-state index contributed by atoms with van der Waals surface area (Å²) in [6.07, 6.45) is 2.21. The number of hydrogen-bond acceptors (Lipinski definition) is 6. The lowest BCUT2D eigenvalue weighted by atomic mass is 10.1. The fourth-order valence-electron chi connectivity index (χ4n) is 3.18. The molecule has 0 saturated carbocycles. The van der Waals surface area contributed by atoms with Crippen molar-refractivity contribution < 1.29 is 23.8 Å². The minimum absolute atomic E-state index is 0.0306. The van der Waals surface area contributed by atoms with E-state index in [4.69, 9.17) is 14.2 Å². The molecule has 0 radical (unpaired) electrons. The van der Waals surface area contributed by atoms with E-state index in [2.05, 4.69) is 5.32 Å². The molecular formula is C28H26N2O5. The van der Waals surface area contributed by atoms with E-state index in [1.165, 1.54) is 19.3 Å². The molecule has 1 N–H and O–H groups in total. The molecule has 1 amide bonds. The maximum absolute atomic E-state index is 12.3. The van der Waals surface area contributed by atoms with E-state index in [1.807, 2.05) is 55.5 Å². The summed E-state index contributed by atoms with van der Waals surface area (Å²) >= 11 is 0. The lowest BCUT2D eigenvalue weighted by molar-refractivity contribution is -0.136. The number of nitrogens with one attached hydrogen (secondary N) is 1. The Bertz CT molecular complexity index is 1230. The number of hydrogen-bond donors (Lipinski definition) is 1. The van der Waals surface area contributed by atoms with Crippen LogP contribution < -0.4 is 19.5 Å². The topological polar surface area (TPSA) is 97.7 Å². The van der Waals surface area contributed by atoms with Crippen molar-refractivity contribution in [3.8, 4) is 34.4 Å². The zero-order chi connectivity index (χ0) is 25.0. The number of nitrogens with zero attached hydrogens (tertiary/aromatic N) is 1. The molecule has 35 heavy (non-hydrogen) atoms. The van der Waals surface area contributed by atoms with Gasteiger partial charge >= 0.3 is 5.97 Å². The number of rotatable bonds is 10. The van der Waals surface area contributed by atoms with Gasteiger partial charge in [-0.25, -0.2) is 4.79 Å². The van der Waals surface area contributed by atoms with Crippen molar-refractivity contribution in [2.24, 2.45) is 0 Å². The van der Waals surface area contributed by atoms with Crippen LogP contribution in [-0.4, -0.2) is 32.1 Å². The molecular weight excluding hydrogens is 444 g/mol. The Kier molecular flexibility index (Phi) is 9.03. The summed E-state index contributed by atoms with van der Waals surface area (Å²) in [5, 5.41) is 12.0. The first kappa shape index (κ1) is 25.1. The van der Waals surface area contributed by atoms with Crippen LogP contribution >= 0.6 is 0 Å². The quantitative estimate of drug-likeness (QED) is 0.198. The first-order valence-corrected chi connectivity index (χ1v) is 11.1. The lowest BCUT2D eigenvalue weighted by Crippen LogP contribution is -2.25. The molecule has 0 saturated heterocycles. The summed E-state index contributed by atoms with van der Waals surface area (Å²) in [5.41, 5.74) is 2.66. The Morgan fingerprint density at radius 2 is 1.69 bits per heavy atom. The number of ether oxygens (including phenoxy) is 3. The van der Waals surface area contributed by atoms with Crippen LogP contribution in [0, 0.1) is 11.3 Å². The van der Waals surface area contributed by atoms with Crippen molar-refractivity contribution in [1.29, 1.82) is 5.26 Å². The zero-order valence-electron chi connectivity index (χ0n) is 19.6. The van der Waals surface area contributed by atoms with Gasteiger partial charge in [-0.2, -0.15) is 5.26 Å². The minimum atomic E-state index is -0.601. The van der Waals surface area contributed by atoms with Crippen LogP contribution in [-0.2, 0) is 9.59 Å². The van der Waals surface area contributed by atoms with E-state index in [1.54, 1.807) is 24.3 Å². The van der Waals surface area contributed by atoms with Gasteiger partial charge in [0.05, 0.1) is 7.11 Å². The molecule has 0 fully saturated rings. The molecule has 178 valence electrons. The van der Waals surface area contributed by atoms with E-state index >= 15 is 0 Å². The van der Waals surface area contributed by atoms with E-state index in [0.717, 1.165) is 17.5 Å². The number of nitriles is 1. The standard InChI is InChI=1S/C28H26N2O5/c1-3-15-30-28(32)23(18-29)16-20-9-14-25(26(17-20)33-2)35-27(31)19-34-24-12-10-22(11-13-24)21-7-5-4-6-8-21/h4-14,16-17H,3,15,19H2,1-2H3,(H,30,32)/b23-16+. The highest BCUT2D eigenvalue weighted by atomic mass is 16.6. The van der Waals surface area contributed by atoms with E-state index < -0.39 is 11.9 Å². The molecule has 0 atom stereocenters. The fraction of sp³-hybridized carbons (Fsp3) is 0.179. The third kappa shape index (κ3) is 7.21. The summed E-state index contributed by atoms with van der Waals surface area (Å²) in [6.45, 7) is 2.12. The summed E-state index contributed by atoms with van der Waals surface area (Å²) < 4.78 is 16.2. The van der Waals surface area contributed by atoms with Crippen LogP contribution in [0.2, 0.25) is 0 Å². The second kappa shape index (κ2) is 12.6. The average molecular weight is 471 g/mol. The summed E-state index contributed by atoms with van der Waals surface area (Å²) in [7, 11) is 1.43. The minimum Gasteiger partial charge on any atom is -0.493 e. The molecule has 7 heteroatoms. The third-order valence-corrected chi connectivity index (χ3v) is 4.94. The van der Waals surface area contributed by atoms with Crippen LogP contribution in [0.15, 0.2) is 78.4 Å². The van der Waals surface area contributed by atoms with Crippen molar-refractivity contribution in [2.45, 2.75) is 13.3 Å². The van der Waals surface area contributed by atoms with E-state index in [-0.39, 0.29) is 23.7 Å². The molecule has 3 rings (SSSR count). The highest BCUT2D eigenvalue weighted by Gasteiger charge is 2.13.